The Kier molecular flexibility index (Phi) is 1.60. The Balaban J connectivity index is 1.90. The number of hydrogen-bond donors (Lipinski definition) is 1. The average Bonchev–Trinajstić information content (AvgIpc) is 2.29. The van der Waals surface area contributed by atoms with Gasteiger partial charge in [0.1, 0.15) is 0 Å². The lowest BCUT2D eigenvalue weighted by Gasteiger charge is -2.38. The van der Waals surface area contributed by atoms with Gasteiger partial charge >= 0.3 is 0 Å². The van der Waals surface area contributed by atoms with E-state index >= 15 is 0 Å². The minimum Gasteiger partial charge on any atom is -0.393 e. The zero-order valence-corrected chi connectivity index (χ0v) is 6.49. The molecule has 1 amide bonds. The van der Waals surface area contributed by atoms with Crippen molar-refractivity contribution in [2.75, 3.05) is 6.54 Å². The summed E-state index contributed by atoms with van der Waals surface area (Å²) in [5.41, 5.74) is 0. The molecule has 0 aromatic carbocycles. The first-order valence-corrected chi connectivity index (χ1v) is 4.25. The minimum atomic E-state index is -0.145. The van der Waals surface area contributed by atoms with Crippen molar-refractivity contribution in [2.24, 2.45) is 0 Å². The van der Waals surface area contributed by atoms with Crippen LogP contribution >= 0.6 is 0 Å². The number of amides is 1. The van der Waals surface area contributed by atoms with Crippen molar-refractivity contribution in [1.29, 1.82) is 0 Å². The smallest absolute Gasteiger partial charge is 0.222 e. The maximum Gasteiger partial charge on any atom is 0.222 e. The third-order valence-corrected chi connectivity index (χ3v) is 2.64. The van der Waals surface area contributed by atoms with Gasteiger partial charge in [-0.2, -0.15) is 0 Å². The summed E-state index contributed by atoms with van der Waals surface area (Å²) in [7, 11) is 0. The van der Waals surface area contributed by atoms with Crippen molar-refractivity contribution < 1.29 is 9.90 Å². The molecule has 2 fully saturated rings. The molecule has 1 N–H and O–H groups in total. The van der Waals surface area contributed by atoms with Crippen molar-refractivity contribution in [3.05, 3.63) is 0 Å². The molecular weight excluding hydrogens is 142 g/mol. The van der Waals surface area contributed by atoms with Gasteiger partial charge in [-0.1, -0.05) is 0 Å². The molecule has 11 heavy (non-hydrogen) atoms. The molecule has 0 spiro atoms. The number of rotatable bonds is 1. The van der Waals surface area contributed by atoms with Gasteiger partial charge in [0.15, 0.2) is 0 Å². The lowest BCUT2D eigenvalue weighted by molar-refractivity contribution is -0.133. The minimum absolute atomic E-state index is 0.145. The summed E-state index contributed by atoms with van der Waals surface area (Å²) < 4.78 is 0. The maximum atomic E-state index is 11.2. The highest BCUT2D eigenvalue weighted by molar-refractivity contribution is 5.78. The van der Waals surface area contributed by atoms with Crippen molar-refractivity contribution >= 4 is 5.91 Å². The second kappa shape index (κ2) is 2.48. The van der Waals surface area contributed by atoms with Gasteiger partial charge in [-0.25, -0.2) is 0 Å². The molecule has 2 rings (SSSR count). The van der Waals surface area contributed by atoms with Crippen molar-refractivity contribution in [2.45, 2.75) is 37.8 Å². The van der Waals surface area contributed by atoms with Gasteiger partial charge in [0, 0.05) is 19.0 Å². The molecule has 1 aliphatic heterocycles. The van der Waals surface area contributed by atoms with Crippen molar-refractivity contribution in [3.8, 4) is 0 Å². The quantitative estimate of drug-likeness (QED) is 0.584. The Morgan fingerprint density at radius 2 is 2.18 bits per heavy atom. The van der Waals surface area contributed by atoms with Crippen LogP contribution < -0.4 is 0 Å². The van der Waals surface area contributed by atoms with Crippen molar-refractivity contribution in [3.63, 3.8) is 0 Å². The van der Waals surface area contributed by atoms with E-state index in [0.717, 1.165) is 25.8 Å². The highest BCUT2D eigenvalue weighted by atomic mass is 16.3. The van der Waals surface area contributed by atoms with E-state index in [1.807, 2.05) is 4.90 Å². The van der Waals surface area contributed by atoms with Crippen LogP contribution in [0.2, 0.25) is 0 Å². The highest BCUT2D eigenvalue weighted by Crippen LogP contribution is 2.28. The van der Waals surface area contributed by atoms with Crippen LogP contribution in [0, 0.1) is 0 Å². The number of aliphatic hydroxyl groups excluding tert-OH is 1. The van der Waals surface area contributed by atoms with Gasteiger partial charge in [0.2, 0.25) is 5.91 Å². The normalized spacial score (nSPS) is 37.5. The first-order chi connectivity index (χ1) is 5.27. The van der Waals surface area contributed by atoms with Crippen LogP contribution in [0.1, 0.15) is 25.7 Å². The molecule has 0 radical (unpaired) electrons. The summed E-state index contributed by atoms with van der Waals surface area (Å²) in [4.78, 5) is 13.1. The van der Waals surface area contributed by atoms with Crippen LogP contribution in [0.4, 0.5) is 0 Å². The summed E-state index contributed by atoms with van der Waals surface area (Å²) in [6.07, 6.45) is 3.17. The number of carbonyl (C=O) groups excluding carboxylic acids is 1. The number of hydrogen-bond acceptors (Lipinski definition) is 2. The van der Waals surface area contributed by atoms with Crippen LogP contribution in [0.5, 0.6) is 0 Å². The molecule has 1 saturated heterocycles. The SMILES string of the molecule is O=C1CCCN1C1CC(O)C1. The van der Waals surface area contributed by atoms with Crippen LogP contribution in [0.3, 0.4) is 0 Å². The Bertz CT molecular complexity index is 175. The van der Waals surface area contributed by atoms with E-state index in [4.69, 9.17) is 5.11 Å². The van der Waals surface area contributed by atoms with Gasteiger partial charge in [0.05, 0.1) is 6.10 Å². The Morgan fingerprint density at radius 3 is 2.64 bits per heavy atom. The topological polar surface area (TPSA) is 40.5 Å². The van der Waals surface area contributed by atoms with Gasteiger partial charge in [-0.05, 0) is 19.3 Å². The summed E-state index contributed by atoms with van der Waals surface area (Å²) in [6, 6.07) is 0.361. The van der Waals surface area contributed by atoms with E-state index in [2.05, 4.69) is 0 Å². The molecule has 62 valence electrons. The third-order valence-electron chi connectivity index (χ3n) is 2.64. The van der Waals surface area contributed by atoms with Gasteiger partial charge in [-0.15, -0.1) is 0 Å². The molecule has 1 aliphatic carbocycles. The Morgan fingerprint density at radius 1 is 1.45 bits per heavy atom. The molecule has 3 nitrogen and oxygen atoms in total. The Labute approximate surface area is 66.0 Å². The molecule has 1 saturated carbocycles. The van der Waals surface area contributed by atoms with E-state index in [0.29, 0.717) is 12.5 Å². The van der Waals surface area contributed by atoms with E-state index in [1.165, 1.54) is 0 Å². The Hall–Kier alpha value is -0.570. The predicted molar refractivity (Wildman–Crippen MR) is 40.0 cm³/mol. The highest BCUT2D eigenvalue weighted by Gasteiger charge is 2.36. The third kappa shape index (κ3) is 1.13. The van der Waals surface area contributed by atoms with Crippen LogP contribution in [-0.2, 0) is 4.79 Å². The molecule has 0 aromatic heterocycles. The van der Waals surface area contributed by atoms with Gasteiger partial charge in [-0.3, -0.25) is 4.79 Å². The molecule has 3 heteroatoms. The zero-order chi connectivity index (χ0) is 7.84. The van der Waals surface area contributed by atoms with Gasteiger partial charge < -0.3 is 10.0 Å². The number of aliphatic hydroxyl groups is 1. The number of likely N-dealkylation sites (tertiary alicyclic amines) is 1. The lowest BCUT2D eigenvalue weighted by atomic mass is 9.88. The number of carbonyl (C=O) groups is 1. The van der Waals surface area contributed by atoms with Gasteiger partial charge in [0.25, 0.3) is 0 Å². The first kappa shape index (κ1) is 7.10. The fraction of sp³-hybridized carbons (Fsp3) is 0.875. The van der Waals surface area contributed by atoms with E-state index in [9.17, 15) is 4.79 Å². The second-order valence-corrected chi connectivity index (χ2v) is 3.47. The summed E-state index contributed by atoms with van der Waals surface area (Å²) in [5.74, 6) is 0.280. The predicted octanol–water partition coefficient (Wildman–Crippen LogP) is 0.132. The van der Waals surface area contributed by atoms with E-state index < -0.39 is 0 Å². The molecular formula is C8H13NO2. The monoisotopic (exact) mass is 155 g/mol. The molecule has 0 atom stereocenters. The summed E-state index contributed by atoms with van der Waals surface area (Å²) >= 11 is 0. The lowest BCUT2D eigenvalue weighted by Crippen LogP contribution is -2.47. The zero-order valence-electron chi connectivity index (χ0n) is 6.49. The maximum absolute atomic E-state index is 11.2. The number of nitrogens with zero attached hydrogens (tertiary/aromatic N) is 1. The van der Waals surface area contributed by atoms with E-state index in [1.54, 1.807) is 0 Å². The molecule has 1 heterocycles. The fourth-order valence-corrected chi connectivity index (χ4v) is 1.87. The fourth-order valence-electron chi connectivity index (χ4n) is 1.87. The summed E-state index contributed by atoms with van der Waals surface area (Å²) in [5, 5.41) is 9.03. The largest absolute Gasteiger partial charge is 0.393 e. The van der Waals surface area contributed by atoms with Crippen LogP contribution in [0.25, 0.3) is 0 Å². The van der Waals surface area contributed by atoms with Crippen LogP contribution in [0.15, 0.2) is 0 Å². The van der Waals surface area contributed by atoms with Crippen LogP contribution in [-0.4, -0.2) is 34.6 Å². The summed E-state index contributed by atoms with van der Waals surface area (Å²) in [6.45, 7) is 0.913. The standard InChI is InChI=1S/C8H13NO2/c10-7-4-6(5-7)9-3-1-2-8(9)11/h6-7,10H,1-5H2. The van der Waals surface area contributed by atoms with E-state index in [-0.39, 0.29) is 12.0 Å². The molecule has 0 aromatic rings. The second-order valence-electron chi connectivity index (χ2n) is 3.47. The molecule has 0 bridgehead atoms. The first-order valence-electron chi connectivity index (χ1n) is 4.25. The van der Waals surface area contributed by atoms with Crippen molar-refractivity contribution in [1.82, 2.24) is 4.90 Å². The molecule has 0 unspecified atom stereocenters. The molecule has 2 aliphatic rings. The average molecular weight is 155 g/mol.